The molecule has 1 aromatic carbocycles. The topological polar surface area (TPSA) is 102 Å². The third kappa shape index (κ3) is 4.26. The summed E-state index contributed by atoms with van der Waals surface area (Å²) >= 11 is 0. The number of hydrogen-bond donors (Lipinski definition) is 2. The van der Waals surface area contributed by atoms with Crippen LogP contribution in [0.2, 0.25) is 0 Å². The van der Waals surface area contributed by atoms with E-state index < -0.39 is 9.84 Å². The van der Waals surface area contributed by atoms with Crippen LogP contribution in [0.3, 0.4) is 0 Å². The summed E-state index contributed by atoms with van der Waals surface area (Å²) in [6.45, 7) is 3.35. The highest BCUT2D eigenvalue weighted by molar-refractivity contribution is 7.90. The van der Waals surface area contributed by atoms with Crippen LogP contribution in [0.25, 0.3) is 0 Å². The van der Waals surface area contributed by atoms with Crippen molar-refractivity contribution in [3.63, 3.8) is 0 Å². The molecule has 2 aliphatic rings. The molecule has 28 heavy (non-hydrogen) atoms. The van der Waals surface area contributed by atoms with E-state index in [0.29, 0.717) is 23.8 Å². The normalized spacial score (nSPS) is 24.6. The number of nitrogens with one attached hydrogen (secondary N) is 2. The van der Waals surface area contributed by atoms with Crippen molar-refractivity contribution in [3.05, 3.63) is 36.2 Å². The molecule has 2 saturated heterocycles. The Morgan fingerprint density at radius 1 is 1.14 bits per heavy atom. The van der Waals surface area contributed by atoms with E-state index in [0.717, 1.165) is 37.3 Å². The van der Waals surface area contributed by atoms with Gasteiger partial charge >= 0.3 is 0 Å². The molecule has 2 aliphatic heterocycles. The van der Waals surface area contributed by atoms with Crippen LogP contribution in [0.5, 0.6) is 5.88 Å². The van der Waals surface area contributed by atoms with Crippen molar-refractivity contribution >= 4 is 21.3 Å². The number of hydrogen-bond acceptors (Lipinski definition) is 8. The minimum Gasteiger partial charge on any atom is -0.474 e. The highest BCUT2D eigenvalue weighted by atomic mass is 32.2. The second-order valence-corrected chi connectivity index (χ2v) is 9.40. The van der Waals surface area contributed by atoms with E-state index in [-0.39, 0.29) is 11.0 Å². The van der Waals surface area contributed by atoms with E-state index in [1.165, 1.54) is 12.6 Å². The highest BCUT2D eigenvalue weighted by Crippen LogP contribution is 2.28. The molecule has 0 saturated carbocycles. The molecule has 9 heteroatoms. The molecule has 3 heterocycles. The minimum atomic E-state index is -3.22. The van der Waals surface area contributed by atoms with Crippen LogP contribution in [-0.4, -0.2) is 56.0 Å². The average molecular weight is 404 g/mol. The smallest absolute Gasteiger partial charge is 0.221 e. The number of anilines is 2. The molecule has 2 bridgehead atoms. The Morgan fingerprint density at radius 2 is 1.82 bits per heavy atom. The van der Waals surface area contributed by atoms with Gasteiger partial charge in [0.15, 0.2) is 9.84 Å². The lowest BCUT2D eigenvalue weighted by Gasteiger charge is -2.39. The molecule has 0 amide bonds. The van der Waals surface area contributed by atoms with Gasteiger partial charge < -0.3 is 20.1 Å². The van der Waals surface area contributed by atoms with Gasteiger partial charge in [-0.15, -0.1) is 0 Å². The van der Waals surface area contributed by atoms with E-state index in [1.807, 2.05) is 6.92 Å². The zero-order valence-corrected chi connectivity index (χ0v) is 16.7. The minimum absolute atomic E-state index is 0.0932. The van der Waals surface area contributed by atoms with Gasteiger partial charge in [-0.3, -0.25) is 0 Å². The van der Waals surface area contributed by atoms with Gasteiger partial charge in [0.1, 0.15) is 18.2 Å². The van der Waals surface area contributed by atoms with Crippen molar-refractivity contribution in [2.24, 2.45) is 0 Å². The van der Waals surface area contributed by atoms with Crippen LogP contribution < -0.4 is 15.4 Å². The molecular weight excluding hydrogens is 380 g/mol. The Labute approximate surface area is 164 Å². The lowest BCUT2D eigenvalue weighted by Crippen LogP contribution is -2.56. The number of nitrogens with zero attached hydrogens (tertiary/aromatic N) is 2. The summed E-state index contributed by atoms with van der Waals surface area (Å²) in [7, 11) is -3.22. The number of aromatic nitrogens is 2. The van der Waals surface area contributed by atoms with Crippen LogP contribution >= 0.6 is 0 Å². The standard InChI is InChI=1S/C19H24N4O4S/c1-12-18(23-13-3-5-17(6-4-13)28(2,24)25)20-11-21-19(12)27-16-7-14-9-26-10-15(8-16)22-14/h3-6,11,14-16,22H,7-10H2,1-2H3,(H,20,21,23). The lowest BCUT2D eigenvalue weighted by molar-refractivity contribution is -0.0134. The van der Waals surface area contributed by atoms with Crippen molar-refractivity contribution < 1.29 is 17.9 Å². The summed E-state index contributed by atoms with van der Waals surface area (Å²) in [5.41, 5.74) is 1.56. The van der Waals surface area contributed by atoms with E-state index >= 15 is 0 Å². The van der Waals surface area contributed by atoms with Crippen molar-refractivity contribution in [1.29, 1.82) is 0 Å². The predicted molar refractivity (Wildman–Crippen MR) is 105 cm³/mol. The third-order valence-corrected chi connectivity index (χ3v) is 6.19. The summed E-state index contributed by atoms with van der Waals surface area (Å²) in [5, 5.41) is 6.76. The maximum Gasteiger partial charge on any atom is 0.221 e. The molecule has 150 valence electrons. The molecule has 1 aromatic heterocycles. The Bertz CT molecular complexity index is 937. The van der Waals surface area contributed by atoms with Crippen molar-refractivity contribution in [2.45, 2.75) is 42.8 Å². The van der Waals surface area contributed by atoms with Crippen LogP contribution in [0.15, 0.2) is 35.5 Å². The van der Waals surface area contributed by atoms with Gasteiger partial charge in [0.25, 0.3) is 0 Å². The van der Waals surface area contributed by atoms with E-state index in [4.69, 9.17) is 9.47 Å². The summed E-state index contributed by atoms with van der Waals surface area (Å²) in [5.74, 6) is 1.20. The maximum atomic E-state index is 11.6. The number of morpholine rings is 1. The van der Waals surface area contributed by atoms with Gasteiger partial charge in [0.05, 0.1) is 23.7 Å². The molecular formula is C19H24N4O4S. The average Bonchev–Trinajstić information content (AvgIpc) is 2.64. The van der Waals surface area contributed by atoms with Crippen LogP contribution in [0, 0.1) is 6.92 Å². The fourth-order valence-electron chi connectivity index (χ4n) is 3.64. The summed E-state index contributed by atoms with van der Waals surface area (Å²) in [6.07, 6.45) is 4.52. The van der Waals surface area contributed by atoms with Crippen LogP contribution in [-0.2, 0) is 14.6 Å². The van der Waals surface area contributed by atoms with Gasteiger partial charge in [0, 0.05) is 36.9 Å². The summed E-state index contributed by atoms with van der Waals surface area (Å²) in [4.78, 5) is 8.89. The van der Waals surface area contributed by atoms with Gasteiger partial charge in [0.2, 0.25) is 5.88 Å². The molecule has 2 N–H and O–H groups in total. The van der Waals surface area contributed by atoms with Crippen LogP contribution in [0.4, 0.5) is 11.5 Å². The zero-order valence-electron chi connectivity index (χ0n) is 15.9. The van der Waals surface area contributed by atoms with Crippen molar-refractivity contribution in [2.75, 3.05) is 24.8 Å². The fraction of sp³-hybridized carbons (Fsp3) is 0.474. The lowest BCUT2D eigenvalue weighted by atomic mass is 9.95. The first-order chi connectivity index (χ1) is 13.4. The molecule has 2 fully saturated rings. The van der Waals surface area contributed by atoms with Crippen molar-refractivity contribution in [3.8, 4) is 5.88 Å². The third-order valence-electron chi connectivity index (χ3n) is 5.07. The Balaban J connectivity index is 1.47. The number of sulfone groups is 1. The summed E-state index contributed by atoms with van der Waals surface area (Å²) in [6, 6.07) is 7.22. The van der Waals surface area contributed by atoms with Gasteiger partial charge in [-0.1, -0.05) is 0 Å². The molecule has 8 nitrogen and oxygen atoms in total. The largest absolute Gasteiger partial charge is 0.474 e. The Morgan fingerprint density at radius 3 is 2.46 bits per heavy atom. The Hall–Kier alpha value is -2.23. The fourth-order valence-corrected chi connectivity index (χ4v) is 4.27. The maximum absolute atomic E-state index is 11.6. The van der Waals surface area contributed by atoms with E-state index in [1.54, 1.807) is 24.3 Å². The quantitative estimate of drug-likeness (QED) is 0.778. The number of benzene rings is 1. The first kappa shape index (κ1) is 19.1. The molecule has 2 unspecified atom stereocenters. The number of piperidine rings is 1. The van der Waals surface area contributed by atoms with Gasteiger partial charge in [-0.25, -0.2) is 18.4 Å². The second kappa shape index (κ2) is 7.65. The highest BCUT2D eigenvalue weighted by Gasteiger charge is 2.33. The first-order valence-electron chi connectivity index (χ1n) is 9.27. The predicted octanol–water partition coefficient (Wildman–Crippen LogP) is 1.83. The molecule has 2 aromatic rings. The second-order valence-electron chi connectivity index (χ2n) is 7.38. The number of rotatable bonds is 5. The van der Waals surface area contributed by atoms with Gasteiger partial charge in [-0.2, -0.15) is 0 Å². The molecule has 0 radical (unpaired) electrons. The van der Waals surface area contributed by atoms with E-state index in [9.17, 15) is 8.42 Å². The van der Waals surface area contributed by atoms with Crippen LogP contribution in [0.1, 0.15) is 18.4 Å². The SMILES string of the molecule is Cc1c(Nc2ccc(S(C)(=O)=O)cc2)ncnc1OC1CC2COCC(C1)N2. The molecule has 2 atom stereocenters. The molecule has 4 rings (SSSR count). The van der Waals surface area contributed by atoms with Gasteiger partial charge in [-0.05, 0) is 31.2 Å². The monoisotopic (exact) mass is 404 g/mol. The number of ether oxygens (including phenoxy) is 2. The molecule has 0 spiro atoms. The van der Waals surface area contributed by atoms with Crippen molar-refractivity contribution in [1.82, 2.24) is 15.3 Å². The molecule has 0 aliphatic carbocycles. The van der Waals surface area contributed by atoms with E-state index in [2.05, 4.69) is 20.6 Å². The number of fused-ring (bicyclic) bond motifs is 2. The zero-order chi connectivity index (χ0) is 19.7. The Kier molecular flexibility index (Phi) is 5.22. The first-order valence-corrected chi connectivity index (χ1v) is 11.2. The summed E-state index contributed by atoms with van der Waals surface area (Å²) < 4.78 is 35.0.